The largest absolute Gasteiger partial charge is 0.329 e. The standard InChI is InChI=1S/C18H13BrClN3O2/c1-18(9-11-2-4-13(19)5-3-11)16(24)23(17(25)22-18)15-7-12(10-21)6-14(20)8-15/h2-8H,9H2,1H3,(H,22,25). The van der Waals surface area contributed by atoms with Crippen molar-refractivity contribution < 1.29 is 9.59 Å². The minimum absolute atomic E-state index is 0.282. The van der Waals surface area contributed by atoms with E-state index in [1.54, 1.807) is 6.92 Å². The summed E-state index contributed by atoms with van der Waals surface area (Å²) >= 11 is 9.36. The van der Waals surface area contributed by atoms with Crippen LogP contribution in [0.15, 0.2) is 46.9 Å². The van der Waals surface area contributed by atoms with Crippen LogP contribution in [0.1, 0.15) is 18.1 Å². The second-order valence-corrected chi connectivity index (χ2v) is 7.37. The molecule has 0 aliphatic carbocycles. The summed E-state index contributed by atoms with van der Waals surface area (Å²) in [5.41, 5.74) is 0.417. The Morgan fingerprint density at radius 1 is 1.24 bits per heavy atom. The van der Waals surface area contributed by atoms with Crippen LogP contribution in [-0.2, 0) is 11.2 Å². The zero-order valence-corrected chi connectivity index (χ0v) is 15.6. The Morgan fingerprint density at radius 2 is 1.92 bits per heavy atom. The number of halogens is 2. The van der Waals surface area contributed by atoms with E-state index in [9.17, 15) is 9.59 Å². The number of carbonyl (C=O) groups excluding carboxylic acids is 2. The van der Waals surface area contributed by atoms with Gasteiger partial charge in [-0.1, -0.05) is 39.7 Å². The average Bonchev–Trinajstić information content (AvgIpc) is 2.78. The quantitative estimate of drug-likeness (QED) is 0.765. The van der Waals surface area contributed by atoms with E-state index in [4.69, 9.17) is 16.9 Å². The number of nitriles is 1. The molecule has 1 aliphatic heterocycles. The summed E-state index contributed by atoms with van der Waals surface area (Å²) in [4.78, 5) is 26.4. The van der Waals surface area contributed by atoms with Gasteiger partial charge in [0.25, 0.3) is 5.91 Å². The first kappa shape index (κ1) is 17.5. The zero-order chi connectivity index (χ0) is 18.2. The normalized spacial score (nSPS) is 19.7. The topological polar surface area (TPSA) is 73.2 Å². The van der Waals surface area contributed by atoms with Crippen LogP contribution in [-0.4, -0.2) is 17.5 Å². The van der Waals surface area contributed by atoms with E-state index in [2.05, 4.69) is 21.2 Å². The fourth-order valence-electron chi connectivity index (χ4n) is 2.82. The fourth-order valence-corrected chi connectivity index (χ4v) is 3.31. The van der Waals surface area contributed by atoms with Crippen LogP contribution in [0.25, 0.3) is 0 Å². The Morgan fingerprint density at radius 3 is 2.56 bits per heavy atom. The number of carbonyl (C=O) groups is 2. The smallest absolute Gasteiger partial charge is 0.323 e. The van der Waals surface area contributed by atoms with Crippen molar-refractivity contribution in [1.82, 2.24) is 5.32 Å². The van der Waals surface area contributed by atoms with Gasteiger partial charge in [-0.2, -0.15) is 5.26 Å². The number of nitrogens with one attached hydrogen (secondary N) is 1. The van der Waals surface area contributed by atoms with Gasteiger partial charge in [-0.25, -0.2) is 9.69 Å². The van der Waals surface area contributed by atoms with Crippen molar-refractivity contribution in [2.45, 2.75) is 18.9 Å². The SMILES string of the molecule is CC1(Cc2ccc(Br)cc2)NC(=O)N(c2cc(Cl)cc(C#N)c2)C1=O. The molecule has 0 saturated carbocycles. The van der Waals surface area contributed by atoms with Crippen molar-refractivity contribution in [2.75, 3.05) is 4.90 Å². The molecule has 0 spiro atoms. The summed E-state index contributed by atoms with van der Waals surface area (Å²) in [5, 5.41) is 12.1. The van der Waals surface area contributed by atoms with E-state index in [1.807, 2.05) is 30.3 Å². The van der Waals surface area contributed by atoms with Crippen LogP contribution in [0.2, 0.25) is 5.02 Å². The van der Waals surface area contributed by atoms with Crippen molar-refractivity contribution >= 4 is 45.2 Å². The molecule has 0 bridgehead atoms. The molecular weight excluding hydrogens is 406 g/mol. The zero-order valence-electron chi connectivity index (χ0n) is 13.2. The van der Waals surface area contributed by atoms with Crippen LogP contribution in [0, 0.1) is 11.3 Å². The number of rotatable bonds is 3. The highest BCUT2D eigenvalue weighted by Gasteiger charge is 2.48. The van der Waals surface area contributed by atoms with Gasteiger partial charge in [0, 0.05) is 15.9 Å². The highest BCUT2D eigenvalue weighted by Crippen LogP contribution is 2.30. The maximum absolute atomic E-state index is 12.9. The van der Waals surface area contributed by atoms with Gasteiger partial charge in [0.1, 0.15) is 5.54 Å². The van der Waals surface area contributed by atoms with E-state index < -0.39 is 11.6 Å². The van der Waals surface area contributed by atoms with Gasteiger partial charge in [-0.3, -0.25) is 4.79 Å². The molecule has 3 rings (SSSR count). The molecule has 126 valence electrons. The number of hydrogen-bond acceptors (Lipinski definition) is 3. The lowest BCUT2D eigenvalue weighted by Crippen LogP contribution is -2.46. The van der Waals surface area contributed by atoms with Crippen LogP contribution >= 0.6 is 27.5 Å². The molecule has 1 saturated heterocycles. The molecule has 1 unspecified atom stereocenters. The molecule has 5 nitrogen and oxygen atoms in total. The fraction of sp³-hybridized carbons (Fsp3) is 0.167. The molecule has 1 N–H and O–H groups in total. The lowest BCUT2D eigenvalue weighted by atomic mass is 9.93. The van der Waals surface area contributed by atoms with Crippen LogP contribution < -0.4 is 10.2 Å². The third kappa shape index (κ3) is 3.39. The molecule has 1 aliphatic rings. The molecule has 2 aromatic carbocycles. The number of benzene rings is 2. The van der Waals surface area contributed by atoms with Gasteiger partial charge in [0.15, 0.2) is 0 Å². The molecule has 2 aromatic rings. The second kappa shape index (κ2) is 6.51. The third-order valence-electron chi connectivity index (χ3n) is 4.00. The van der Waals surface area contributed by atoms with Crippen molar-refractivity contribution in [3.05, 3.63) is 63.1 Å². The molecule has 7 heteroatoms. The predicted molar refractivity (Wildman–Crippen MR) is 98.4 cm³/mol. The van der Waals surface area contributed by atoms with Crippen molar-refractivity contribution in [2.24, 2.45) is 0 Å². The first-order chi connectivity index (χ1) is 11.8. The number of anilines is 1. The van der Waals surface area contributed by atoms with Crippen LogP contribution in [0.5, 0.6) is 0 Å². The van der Waals surface area contributed by atoms with Crippen molar-refractivity contribution in [3.63, 3.8) is 0 Å². The van der Waals surface area contributed by atoms with Gasteiger partial charge in [-0.15, -0.1) is 0 Å². The number of urea groups is 1. The third-order valence-corrected chi connectivity index (χ3v) is 4.75. The lowest BCUT2D eigenvalue weighted by Gasteiger charge is -2.22. The molecule has 1 atom stereocenters. The van der Waals surface area contributed by atoms with Gasteiger partial charge >= 0.3 is 6.03 Å². The Kier molecular flexibility index (Phi) is 4.55. The number of imide groups is 1. The van der Waals surface area contributed by atoms with E-state index in [-0.39, 0.29) is 22.2 Å². The minimum Gasteiger partial charge on any atom is -0.323 e. The molecule has 1 fully saturated rings. The van der Waals surface area contributed by atoms with Crippen molar-refractivity contribution in [3.8, 4) is 6.07 Å². The maximum Gasteiger partial charge on any atom is 0.329 e. The molecule has 1 heterocycles. The Labute approximate surface area is 158 Å². The Balaban J connectivity index is 1.93. The van der Waals surface area contributed by atoms with E-state index in [0.29, 0.717) is 6.42 Å². The first-order valence-electron chi connectivity index (χ1n) is 7.44. The Hall–Kier alpha value is -2.36. The van der Waals surface area contributed by atoms with Crippen LogP contribution in [0.3, 0.4) is 0 Å². The molecule has 3 amide bonds. The van der Waals surface area contributed by atoms with Gasteiger partial charge < -0.3 is 5.32 Å². The number of amides is 3. The lowest BCUT2D eigenvalue weighted by molar-refractivity contribution is -0.121. The highest BCUT2D eigenvalue weighted by molar-refractivity contribution is 9.10. The van der Waals surface area contributed by atoms with E-state index in [0.717, 1.165) is 14.9 Å². The van der Waals surface area contributed by atoms with Gasteiger partial charge in [-0.05, 0) is 42.8 Å². The molecule has 0 aromatic heterocycles. The Bertz CT molecular complexity index is 908. The predicted octanol–water partition coefficient (Wildman–Crippen LogP) is 4.03. The monoisotopic (exact) mass is 417 g/mol. The van der Waals surface area contributed by atoms with Gasteiger partial charge in [0.2, 0.25) is 0 Å². The summed E-state index contributed by atoms with van der Waals surface area (Å²) in [6, 6.07) is 13.4. The second-order valence-electron chi connectivity index (χ2n) is 6.02. The first-order valence-corrected chi connectivity index (χ1v) is 8.61. The number of nitrogens with zero attached hydrogens (tertiary/aromatic N) is 2. The molecule has 25 heavy (non-hydrogen) atoms. The summed E-state index contributed by atoms with van der Waals surface area (Å²) in [5.74, 6) is -0.383. The molecular formula is C18H13BrClN3O2. The average molecular weight is 419 g/mol. The minimum atomic E-state index is -1.07. The summed E-state index contributed by atoms with van der Waals surface area (Å²) in [6.45, 7) is 1.69. The van der Waals surface area contributed by atoms with Crippen LogP contribution in [0.4, 0.5) is 10.5 Å². The van der Waals surface area contributed by atoms with E-state index >= 15 is 0 Å². The maximum atomic E-state index is 12.9. The van der Waals surface area contributed by atoms with E-state index in [1.165, 1.54) is 18.2 Å². The summed E-state index contributed by atoms with van der Waals surface area (Å²) in [6.07, 6.45) is 0.354. The van der Waals surface area contributed by atoms with Crippen molar-refractivity contribution in [1.29, 1.82) is 5.26 Å². The summed E-state index contributed by atoms with van der Waals surface area (Å²) < 4.78 is 0.938. The molecule has 0 radical (unpaired) electrons. The summed E-state index contributed by atoms with van der Waals surface area (Å²) in [7, 11) is 0. The number of hydrogen-bond donors (Lipinski definition) is 1. The highest BCUT2D eigenvalue weighted by atomic mass is 79.9. The van der Waals surface area contributed by atoms with Gasteiger partial charge in [0.05, 0.1) is 17.3 Å².